The van der Waals surface area contributed by atoms with Crippen molar-refractivity contribution in [3.63, 3.8) is 0 Å². The molecule has 4 N–H and O–H groups in total. The predicted molar refractivity (Wildman–Crippen MR) is 87.1 cm³/mol. The number of amides is 1. The highest BCUT2D eigenvalue weighted by Gasteiger charge is 2.35. The minimum atomic E-state index is -0.970. The molecule has 3 unspecified atom stereocenters. The highest BCUT2D eigenvalue weighted by atomic mass is 35.5. The predicted octanol–water partition coefficient (Wildman–Crippen LogP) is 2.26. The maximum Gasteiger partial charge on any atom is 0.272 e. The number of nitrogens with one attached hydrogen (secondary N) is 2. The Balaban J connectivity index is 1.70. The number of H-pyrrole nitrogens is 1. The number of nitrogens with two attached hydrogens (primary N) is 1. The van der Waals surface area contributed by atoms with Crippen LogP contribution in [-0.2, 0) is 0 Å². The molecule has 0 bridgehead atoms. The van der Waals surface area contributed by atoms with Gasteiger partial charge in [0.2, 0.25) is 0 Å². The van der Waals surface area contributed by atoms with Crippen LogP contribution in [0.15, 0.2) is 12.5 Å². The number of aromatic nitrogens is 3. The summed E-state index contributed by atoms with van der Waals surface area (Å²) in [6.45, 7) is 2.37. The molecule has 1 fully saturated rings. The second-order valence-corrected chi connectivity index (χ2v) is 6.56. The van der Waals surface area contributed by atoms with Crippen LogP contribution in [0.25, 0.3) is 11.0 Å². The summed E-state index contributed by atoms with van der Waals surface area (Å²) in [6.07, 6.45) is 3.07. The van der Waals surface area contributed by atoms with Gasteiger partial charge < -0.3 is 16.0 Å². The van der Waals surface area contributed by atoms with Crippen LogP contribution in [0.4, 0.5) is 10.1 Å². The van der Waals surface area contributed by atoms with Crippen LogP contribution < -0.4 is 11.1 Å². The largest absolute Gasteiger partial charge is 0.396 e. The molecule has 0 spiro atoms. The summed E-state index contributed by atoms with van der Waals surface area (Å²) in [6, 6.07) is 0. The number of nitrogens with zero attached hydrogens (tertiary/aromatic N) is 2. The first-order valence-corrected chi connectivity index (χ1v) is 8.06. The van der Waals surface area contributed by atoms with Crippen molar-refractivity contribution >= 4 is 34.2 Å². The van der Waals surface area contributed by atoms with Gasteiger partial charge in [-0.3, -0.25) is 4.79 Å². The number of carbonyl (C=O) groups is 1. The highest BCUT2D eigenvalue weighted by molar-refractivity contribution is 6.21. The standard InChI is InChI=1S/C15H19ClFN5O/c1-7-8(2-3-9(17)11(7)16)4-20-15(23)14-13-12(21-6-22-14)10(18)5-19-13/h5-9,11,19H,2-4,18H2,1H3,(H,20,23)/t7-,8?,9?,11?/m1/s1. The van der Waals surface area contributed by atoms with E-state index >= 15 is 0 Å². The molecule has 0 aromatic carbocycles. The van der Waals surface area contributed by atoms with Gasteiger partial charge in [0, 0.05) is 12.7 Å². The first kappa shape index (κ1) is 16.0. The molecule has 1 aliphatic carbocycles. The van der Waals surface area contributed by atoms with Gasteiger partial charge in [0.05, 0.1) is 16.6 Å². The van der Waals surface area contributed by atoms with E-state index in [9.17, 15) is 9.18 Å². The SMILES string of the molecule is C[C@@H]1C(CNC(=O)c2ncnc3c(N)c[nH]c23)CCC(F)C1Cl. The molecule has 0 saturated heterocycles. The smallest absolute Gasteiger partial charge is 0.272 e. The van der Waals surface area contributed by atoms with Crippen LogP contribution in [0.1, 0.15) is 30.3 Å². The lowest BCUT2D eigenvalue weighted by Crippen LogP contribution is -2.41. The third-order valence-corrected chi connectivity index (χ3v) is 5.31. The number of anilines is 1. The Morgan fingerprint density at radius 3 is 3.09 bits per heavy atom. The number of alkyl halides is 2. The van der Waals surface area contributed by atoms with Crippen LogP contribution in [0.3, 0.4) is 0 Å². The van der Waals surface area contributed by atoms with Crippen molar-refractivity contribution in [1.29, 1.82) is 0 Å². The van der Waals surface area contributed by atoms with E-state index in [-0.39, 0.29) is 23.4 Å². The van der Waals surface area contributed by atoms with Crippen LogP contribution in [0, 0.1) is 11.8 Å². The number of rotatable bonds is 3. The molecule has 2 aromatic rings. The highest BCUT2D eigenvalue weighted by Crippen LogP contribution is 2.35. The molecule has 124 valence electrons. The maximum absolute atomic E-state index is 13.6. The summed E-state index contributed by atoms with van der Waals surface area (Å²) in [7, 11) is 0. The Hall–Kier alpha value is -1.89. The number of hydrogen-bond donors (Lipinski definition) is 3. The summed E-state index contributed by atoms with van der Waals surface area (Å²) >= 11 is 6.10. The summed E-state index contributed by atoms with van der Waals surface area (Å²) < 4.78 is 13.6. The van der Waals surface area contributed by atoms with Crippen LogP contribution >= 0.6 is 11.6 Å². The Kier molecular flexibility index (Phi) is 4.39. The first-order chi connectivity index (χ1) is 11.0. The normalized spacial score (nSPS) is 28.0. The summed E-state index contributed by atoms with van der Waals surface area (Å²) in [5.74, 6) is -0.147. The molecule has 3 rings (SSSR count). The third kappa shape index (κ3) is 2.97. The minimum Gasteiger partial charge on any atom is -0.396 e. The van der Waals surface area contributed by atoms with E-state index in [1.165, 1.54) is 6.33 Å². The monoisotopic (exact) mass is 339 g/mol. The average Bonchev–Trinajstić information content (AvgIpc) is 2.93. The van der Waals surface area contributed by atoms with Crippen molar-refractivity contribution in [1.82, 2.24) is 20.3 Å². The van der Waals surface area contributed by atoms with E-state index in [1.54, 1.807) is 6.20 Å². The Labute approximate surface area is 138 Å². The Morgan fingerprint density at radius 1 is 1.52 bits per heavy atom. The van der Waals surface area contributed by atoms with Gasteiger partial charge in [-0.25, -0.2) is 14.4 Å². The van der Waals surface area contributed by atoms with E-state index in [0.717, 1.165) is 0 Å². The lowest BCUT2D eigenvalue weighted by Gasteiger charge is -2.35. The molecule has 6 nitrogen and oxygen atoms in total. The fourth-order valence-electron chi connectivity index (χ4n) is 3.11. The van der Waals surface area contributed by atoms with Gasteiger partial charge in [0.1, 0.15) is 18.0 Å². The molecule has 23 heavy (non-hydrogen) atoms. The number of hydrogen-bond acceptors (Lipinski definition) is 4. The summed E-state index contributed by atoms with van der Waals surface area (Å²) in [4.78, 5) is 23.4. The lowest BCUT2D eigenvalue weighted by atomic mass is 9.79. The lowest BCUT2D eigenvalue weighted by molar-refractivity contribution is 0.0921. The minimum absolute atomic E-state index is 0.00673. The second kappa shape index (κ2) is 6.31. The zero-order valence-electron chi connectivity index (χ0n) is 12.7. The second-order valence-electron chi connectivity index (χ2n) is 6.06. The molecule has 2 heterocycles. The van der Waals surface area contributed by atoms with E-state index in [1.807, 2.05) is 6.92 Å². The van der Waals surface area contributed by atoms with Crippen molar-refractivity contribution < 1.29 is 9.18 Å². The van der Waals surface area contributed by atoms with Gasteiger partial charge in [0.15, 0.2) is 5.69 Å². The molecule has 1 saturated carbocycles. The average molecular weight is 340 g/mol. The topological polar surface area (TPSA) is 96.7 Å². The molecule has 4 atom stereocenters. The maximum atomic E-state index is 13.6. The number of carbonyl (C=O) groups excluding carboxylic acids is 1. The zero-order chi connectivity index (χ0) is 16.6. The van der Waals surface area contributed by atoms with Gasteiger partial charge in [-0.1, -0.05) is 6.92 Å². The van der Waals surface area contributed by atoms with E-state index in [2.05, 4.69) is 20.3 Å². The number of halogens is 2. The van der Waals surface area contributed by atoms with Crippen LogP contribution in [-0.4, -0.2) is 39.0 Å². The molecule has 1 aliphatic rings. The van der Waals surface area contributed by atoms with Gasteiger partial charge in [-0.05, 0) is 24.7 Å². The summed E-state index contributed by atoms with van der Waals surface area (Å²) in [5.41, 5.74) is 7.54. The quantitative estimate of drug-likeness (QED) is 0.747. The Morgan fingerprint density at radius 2 is 2.30 bits per heavy atom. The Bertz CT molecular complexity index is 721. The van der Waals surface area contributed by atoms with Crippen molar-refractivity contribution in [3.05, 3.63) is 18.2 Å². The van der Waals surface area contributed by atoms with Gasteiger partial charge in [-0.2, -0.15) is 0 Å². The third-order valence-electron chi connectivity index (χ3n) is 4.64. The molecule has 0 aliphatic heterocycles. The fraction of sp³-hybridized carbons (Fsp3) is 0.533. The first-order valence-electron chi connectivity index (χ1n) is 7.63. The van der Waals surface area contributed by atoms with Crippen molar-refractivity contribution in [3.8, 4) is 0 Å². The molecular formula is C15H19ClFN5O. The van der Waals surface area contributed by atoms with E-state index in [4.69, 9.17) is 17.3 Å². The summed E-state index contributed by atoms with van der Waals surface area (Å²) in [5, 5.41) is 2.36. The number of nitrogen functional groups attached to an aromatic ring is 1. The van der Waals surface area contributed by atoms with Crippen LogP contribution in [0.2, 0.25) is 0 Å². The molecule has 0 radical (unpaired) electrons. The molecule has 8 heteroatoms. The van der Waals surface area contributed by atoms with Gasteiger partial charge in [0.25, 0.3) is 5.91 Å². The fourth-order valence-corrected chi connectivity index (χ4v) is 3.44. The van der Waals surface area contributed by atoms with Crippen LogP contribution in [0.5, 0.6) is 0 Å². The van der Waals surface area contributed by atoms with Crippen molar-refractivity contribution in [2.75, 3.05) is 12.3 Å². The van der Waals surface area contributed by atoms with Crippen molar-refractivity contribution in [2.45, 2.75) is 31.3 Å². The van der Waals surface area contributed by atoms with Gasteiger partial charge >= 0.3 is 0 Å². The van der Waals surface area contributed by atoms with Gasteiger partial charge in [-0.15, -0.1) is 11.6 Å². The molecular weight excluding hydrogens is 321 g/mol. The van der Waals surface area contributed by atoms with E-state index < -0.39 is 11.5 Å². The number of fused-ring (bicyclic) bond motifs is 1. The molecule has 2 aromatic heterocycles. The number of aromatic amines is 1. The molecule has 1 amide bonds. The van der Waals surface area contributed by atoms with E-state index in [0.29, 0.717) is 36.1 Å². The zero-order valence-corrected chi connectivity index (χ0v) is 13.5. The van der Waals surface area contributed by atoms with Crippen molar-refractivity contribution in [2.24, 2.45) is 11.8 Å².